The van der Waals surface area contributed by atoms with Gasteiger partial charge in [0.1, 0.15) is 23.1 Å². The highest BCUT2D eigenvalue weighted by Crippen LogP contribution is 2.34. The first-order valence-corrected chi connectivity index (χ1v) is 10.0. The topological polar surface area (TPSA) is 58.6 Å². The molecule has 0 unspecified atom stereocenters. The first-order valence-electron chi connectivity index (χ1n) is 10.0. The number of nitrogens with one attached hydrogen (secondary N) is 1. The van der Waals surface area contributed by atoms with Gasteiger partial charge >= 0.3 is 0 Å². The molecule has 0 saturated heterocycles. The number of carbonyl (C=O) groups excluding carboxylic acids is 2. The number of carbonyl (C=O) groups is 2. The number of benzene rings is 3. The number of amides is 2. The predicted molar refractivity (Wildman–Crippen MR) is 118 cm³/mol. The van der Waals surface area contributed by atoms with Crippen molar-refractivity contribution < 1.29 is 23.1 Å². The molecule has 1 aliphatic rings. The average Bonchev–Trinajstić information content (AvgIpc) is 2.99. The van der Waals surface area contributed by atoms with Gasteiger partial charge in [-0.1, -0.05) is 18.2 Å². The van der Waals surface area contributed by atoms with Crippen LogP contribution in [0.3, 0.4) is 0 Å². The number of halogens is 2. The van der Waals surface area contributed by atoms with Crippen LogP contribution in [-0.2, 0) is 9.59 Å². The van der Waals surface area contributed by atoms with E-state index in [-0.39, 0.29) is 17.4 Å². The molecule has 5 nitrogen and oxygen atoms in total. The molecular formula is C25H20F2N2O3. The van der Waals surface area contributed by atoms with Crippen molar-refractivity contribution in [3.8, 4) is 5.75 Å². The van der Waals surface area contributed by atoms with Crippen LogP contribution in [-0.4, -0.2) is 17.9 Å². The molecule has 0 spiro atoms. The number of hydrogen-bond donors (Lipinski definition) is 1. The lowest BCUT2D eigenvalue weighted by Gasteiger charge is -2.17. The van der Waals surface area contributed by atoms with Gasteiger partial charge in [-0.15, -0.1) is 0 Å². The van der Waals surface area contributed by atoms with Gasteiger partial charge in [-0.25, -0.2) is 13.7 Å². The third-order valence-corrected chi connectivity index (χ3v) is 4.78. The largest absolute Gasteiger partial charge is 0.491 e. The van der Waals surface area contributed by atoms with Crippen LogP contribution in [0.4, 0.5) is 20.2 Å². The standard InChI is InChI=1S/C25H20F2N2O3/c1-15(2)32-21-12-10-20(11-13-21)29-24(30)22(16-6-8-17(26)9-7-16)23(25(29)31)28-19-5-3-4-18(27)14-19/h3-15,28H,1-2H3. The van der Waals surface area contributed by atoms with Gasteiger partial charge in [0.25, 0.3) is 11.8 Å². The molecule has 0 saturated carbocycles. The number of ether oxygens (including phenoxy) is 1. The van der Waals surface area contributed by atoms with Crippen LogP contribution >= 0.6 is 0 Å². The van der Waals surface area contributed by atoms with Crippen LogP contribution in [0.15, 0.2) is 78.5 Å². The summed E-state index contributed by atoms with van der Waals surface area (Å²) in [5.41, 5.74) is 1.08. The van der Waals surface area contributed by atoms with E-state index in [9.17, 15) is 18.4 Å². The Kier molecular flexibility index (Phi) is 5.73. The summed E-state index contributed by atoms with van der Waals surface area (Å²) in [6.07, 6.45) is -0.0234. The Morgan fingerprint density at radius 3 is 2.16 bits per heavy atom. The highest BCUT2D eigenvalue weighted by atomic mass is 19.1. The molecule has 3 aromatic carbocycles. The summed E-state index contributed by atoms with van der Waals surface area (Å²) < 4.78 is 32.8. The lowest BCUT2D eigenvalue weighted by atomic mass is 10.0. The Morgan fingerprint density at radius 1 is 0.844 bits per heavy atom. The minimum absolute atomic E-state index is 0.0188. The van der Waals surface area contributed by atoms with Gasteiger partial charge in [0, 0.05) is 5.69 Å². The van der Waals surface area contributed by atoms with Crippen LogP contribution < -0.4 is 15.0 Å². The summed E-state index contributed by atoms with van der Waals surface area (Å²) in [6.45, 7) is 3.79. The molecule has 0 fully saturated rings. The van der Waals surface area contributed by atoms with Gasteiger partial charge in [-0.05, 0) is 74.0 Å². The number of rotatable bonds is 6. The Hall–Kier alpha value is -4.00. The monoisotopic (exact) mass is 434 g/mol. The van der Waals surface area contributed by atoms with E-state index < -0.39 is 23.4 Å². The van der Waals surface area contributed by atoms with E-state index in [1.165, 1.54) is 42.5 Å². The second kappa shape index (κ2) is 8.63. The van der Waals surface area contributed by atoms with E-state index in [0.717, 1.165) is 4.90 Å². The zero-order valence-electron chi connectivity index (χ0n) is 17.4. The highest BCUT2D eigenvalue weighted by molar-refractivity contribution is 6.46. The van der Waals surface area contributed by atoms with Crippen molar-refractivity contribution in [3.05, 3.63) is 95.7 Å². The van der Waals surface area contributed by atoms with Crippen LogP contribution in [0.2, 0.25) is 0 Å². The summed E-state index contributed by atoms with van der Waals surface area (Å²) in [7, 11) is 0. The fourth-order valence-electron chi connectivity index (χ4n) is 3.42. The molecule has 32 heavy (non-hydrogen) atoms. The van der Waals surface area contributed by atoms with Crippen molar-refractivity contribution in [2.24, 2.45) is 0 Å². The van der Waals surface area contributed by atoms with E-state index in [1.807, 2.05) is 13.8 Å². The molecule has 162 valence electrons. The maximum absolute atomic E-state index is 13.7. The zero-order chi connectivity index (χ0) is 22.8. The van der Waals surface area contributed by atoms with Crippen molar-refractivity contribution in [1.29, 1.82) is 0 Å². The molecule has 0 radical (unpaired) electrons. The maximum atomic E-state index is 13.7. The first kappa shape index (κ1) is 21.2. The van der Waals surface area contributed by atoms with Crippen molar-refractivity contribution >= 4 is 28.8 Å². The zero-order valence-corrected chi connectivity index (χ0v) is 17.4. The fraction of sp³-hybridized carbons (Fsp3) is 0.120. The molecule has 1 heterocycles. The molecule has 3 aromatic rings. The molecule has 7 heteroatoms. The molecule has 0 atom stereocenters. The fourth-order valence-corrected chi connectivity index (χ4v) is 3.42. The van der Waals surface area contributed by atoms with E-state index in [0.29, 0.717) is 22.7 Å². The Bertz CT molecular complexity index is 1200. The average molecular weight is 434 g/mol. The van der Waals surface area contributed by atoms with Gasteiger partial charge < -0.3 is 10.1 Å². The van der Waals surface area contributed by atoms with Gasteiger partial charge in [0.2, 0.25) is 0 Å². The second-order valence-electron chi connectivity index (χ2n) is 7.50. The van der Waals surface area contributed by atoms with Crippen LogP contribution in [0.1, 0.15) is 19.4 Å². The van der Waals surface area contributed by atoms with E-state index >= 15 is 0 Å². The Morgan fingerprint density at radius 2 is 1.53 bits per heavy atom. The number of anilines is 2. The predicted octanol–water partition coefficient (Wildman–Crippen LogP) is 5.15. The van der Waals surface area contributed by atoms with E-state index in [4.69, 9.17) is 4.74 Å². The summed E-state index contributed by atoms with van der Waals surface area (Å²) in [4.78, 5) is 27.7. The van der Waals surface area contributed by atoms with E-state index in [1.54, 1.807) is 30.3 Å². The Balaban J connectivity index is 1.74. The molecule has 0 aliphatic carbocycles. The second-order valence-corrected chi connectivity index (χ2v) is 7.50. The maximum Gasteiger partial charge on any atom is 0.282 e. The Labute approximate surface area is 183 Å². The highest BCUT2D eigenvalue weighted by Gasteiger charge is 2.40. The molecule has 0 bridgehead atoms. The SMILES string of the molecule is CC(C)Oc1ccc(N2C(=O)C(Nc3cccc(F)c3)=C(c3ccc(F)cc3)C2=O)cc1. The summed E-state index contributed by atoms with van der Waals surface area (Å²) in [5, 5.41) is 2.87. The summed E-state index contributed by atoms with van der Waals surface area (Å²) in [6, 6.07) is 17.4. The van der Waals surface area contributed by atoms with Gasteiger partial charge in [0.15, 0.2) is 0 Å². The number of hydrogen-bond acceptors (Lipinski definition) is 4. The lowest BCUT2D eigenvalue weighted by molar-refractivity contribution is -0.120. The third-order valence-electron chi connectivity index (χ3n) is 4.78. The molecular weight excluding hydrogens is 414 g/mol. The quantitative estimate of drug-likeness (QED) is 0.546. The number of nitrogens with zero attached hydrogens (tertiary/aromatic N) is 1. The van der Waals surface area contributed by atoms with Gasteiger partial charge in [-0.3, -0.25) is 9.59 Å². The van der Waals surface area contributed by atoms with Crippen LogP contribution in [0.25, 0.3) is 5.57 Å². The lowest BCUT2D eigenvalue weighted by Crippen LogP contribution is -2.32. The van der Waals surface area contributed by atoms with Crippen molar-refractivity contribution in [3.63, 3.8) is 0 Å². The van der Waals surface area contributed by atoms with Gasteiger partial charge in [0.05, 0.1) is 17.4 Å². The molecule has 2 amide bonds. The van der Waals surface area contributed by atoms with Crippen LogP contribution in [0, 0.1) is 11.6 Å². The van der Waals surface area contributed by atoms with Crippen molar-refractivity contribution in [2.75, 3.05) is 10.2 Å². The minimum Gasteiger partial charge on any atom is -0.491 e. The summed E-state index contributed by atoms with van der Waals surface area (Å²) in [5.74, 6) is -1.53. The van der Waals surface area contributed by atoms with Crippen molar-refractivity contribution in [1.82, 2.24) is 0 Å². The minimum atomic E-state index is -0.601. The van der Waals surface area contributed by atoms with Gasteiger partial charge in [-0.2, -0.15) is 0 Å². The van der Waals surface area contributed by atoms with E-state index in [2.05, 4.69) is 5.32 Å². The third kappa shape index (κ3) is 4.23. The normalized spacial score (nSPS) is 13.8. The smallest absolute Gasteiger partial charge is 0.282 e. The molecule has 0 aromatic heterocycles. The molecule has 4 rings (SSSR count). The first-order chi connectivity index (χ1) is 15.3. The number of imide groups is 1. The van der Waals surface area contributed by atoms with Crippen molar-refractivity contribution in [2.45, 2.75) is 20.0 Å². The summed E-state index contributed by atoms with van der Waals surface area (Å²) >= 11 is 0. The van der Waals surface area contributed by atoms with Crippen LogP contribution in [0.5, 0.6) is 5.75 Å². The molecule has 1 N–H and O–H groups in total. The molecule has 1 aliphatic heterocycles.